The maximum Gasteiger partial charge on any atom is 0.276 e. The molecule has 1 aromatic heterocycles. The van der Waals surface area contributed by atoms with Crippen LogP contribution in [0.15, 0.2) is 60.7 Å². The summed E-state index contributed by atoms with van der Waals surface area (Å²) in [5.41, 5.74) is 3.11. The van der Waals surface area contributed by atoms with Crippen LogP contribution in [-0.4, -0.2) is 22.6 Å². The van der Waals surface area contributed by atoms with E-state index < -0.39 is 0 Å². The highest BCUT2D eigenvalue weighted by Gasteiger charge is 2.08. The number of nitrogens with zero attached hydrogens (tertiary/aromatic N) is 2. The topological polar surface area (TPSA) is 66.9 Å². The van der Waals surface area contributed by atoms with Crippen molar-refractivity contribution in [3.05, 3.63) is 83.3 Å². The van der Waals surface area contributed by atoms with Gasteiger partial charge in [0.15, 0.2) is 5.69 Å². The van der Waals surface area contributed by atoms with E-state index in [1.54, 1.807) is 24.3 Å². The Morgan fingerprint density at radius 3 is 2.35 bits per heavy atom. The molecular formula is C20H19FN4O. The van der Waals surface area contributed by atoms with Gasteiger partial charge in [0.25, 0.3) is 5.91 Å². The molecule has 1 heterocycles. The van der Waals surface area contributed by atoms with Gasteiger partial charge < -0.3 is 10.6 Å². The van der Waals surface area contributed by atoms with Crippen LogP contribution >= 0.6 is 0 Å². The van der Waals surface area contributed by atoms with Crippen LogP contribution in [-0.2, 0) is 6.42 Å². The Labute approximate surface area is 151 Å². The fourth-order valence-electron chi connectivity index (χ4n) is 2.37. The standard InChI is InChI=1S/C20H19FN4O/c1-14-2-8-17(9-3-14)23-20(26)18-10-11-19(25-24-18)22-13-12-15-4-6-16(21)7-5-15/h2-11H,12-13H2,1H3,(H,22,25)(H,23,26). The van der Waals surface area contributed by atoms with Gasteiger partial charge in [-0.05, 0) is 55.3 Å². The maximum atomic E-state index is 12.9. The summed E-state index contributed by atoms with van der Waals surface area (Å²) < 4.78 is 12.9. The van der Waals surface area contributed by atoms with Crippen molar-refractivity contribution in [2.75, 3.05) is 17.2 Å². The summed E-state index contributed by atoms with van der Waals surface area (Å²) in [5.74, 6) is 0.0327. The minimum Gasteiger partial charge on any atom is -0.368 e. The number of aryl methyl sites for hydroxylation is 1. The molecule has 0 spiro atoms. The summed E-state index contributed by atoms with van der Waals surface area (Å²) in [7, 11) is 0. The average Bonchev–Trinajstić information content (AvgIpc) is 2.66. The van der Waals surface area contributed by atoms with Gasteiger partial charge in [0.1, 0.15) is 11.6 Å². The molecule has 0 aliphatic carbocycles. The van der Waals surface area contributed by atoms with Crippen molar-refractivity contribution in [2.24, 2.45) is 0 Å². The van der Waals surface area contributed by atoms with Gasteiger partial charge >= 0.3 is 0 Å². The zero-order chi connectivity index (χ0) is 18.4. The molecule has 0 aliphatic rings. The van der Waals surface area contributed by atoms with E-state index in [0.29, 0.717) is 18.1 Å². The van der Waals surface area contributed by atoms with Crippen LogP contribution in [0.25, 0.3) is 0 Å². The fourth-order valence-corrected chi connectivity index (χ4v) is 2.37. The van der Waals surface area contributed by atoms with E-state index in [1.165, 1.54) is 12.1 Å². The lowest BCUT2D eigenvalue weighted by molar-refractivity contribution is 0.102. The first-order valence-electron chi connectivity index (χ1n) is 8.30. The van der Waals surface area contributed by atoms with Gasteiger partial charge in [0, 0.05) is 12.2 Å². The summed E-state index contributed by atoms with van der Waals surface area (Å²) >= 11 is 0. The molecule has 0 radical (unpaired) electrons. The highest BCUT2D eigenvalue weighted by Crippen LogP contribution is 2.11. The van der Waals surface area contributed by atoms with Crippen molar-refractivity contribution in [1.29, 1.82) is 0 Å². The van der Waals surface area contributed by atoms with Crippen molar-refractivity contribution in [3.63, 3.8) is 0 Å². The molecule has 0 saturated heterocycles. The number of hydrogen-bond acceptors (Lipinski definition) is 4. The van der Waals surface area contributed by atoms with Crippen LogP contribution < -0.4 is 10.6 Å². The van der Waals surface area contributed by atoms with E-state index >= 15 is 0 Å². The Morgan fingerprint density at radius 2 is 1.69 bits per heavy atom. The monoisotopic (exact) mass is 350 g/mol. The number of rotatable bonds is 6. The number of halogens is 1. The first-order chi connectivity index (χ1) is 12.6. The lowest BCUT2D eigenvalue weighted by Gasteiger charge is -2.07. The molecule has 26 heavy (non-hydrogen) atoms. The smallest absolute Gasteiger partial charge is 0.276 e. The molecule has 0 fully saturated rings. The maximum absolute atomic E-state index is 12.9. The molecule has 132 valence electrons. The number of benzene rings is 2. The number of aromatic nitrogens is 2. The molecule has 6 heteroatoms. The number of anilines is 2. The zero-order valence-corrected chi connectivity index (χ0v) is 14.4. The third-order valence-electron chi connectivity index (χ3n) is 3.84. The third-order valence-corrected chi connectivity index (χ3v) is 3.84. The van der Waals surface area contributed by atoms with Crippen molar-refractivity contribution < 1.29 is 9.18 Å². The van der Waals surface area contributed by atoms with Crippen LogP contribution in [0, 0.1) is 12.7 Å². The first kappa shape index (κ1) is 17.5. The number of carbonyl (C=O) groups excluding carboxylic acids is 1. The Morgan fingerprint density at radius 1 is 0.962 bits per heavy atom. The summed E-state index contributed by atoms with van der Waals surface area (Å²) in [6.45, 7) is 2.62. The number of nitrogens with one attached hydrogen (secondary N) is 2. The second kappa shape index (κ2) is 8.20. The molecular weight excluding hydrogens is 331 g/mol. The van der Waals surface area contributed by atoms with Crippen LogP contribution in [0.2, 0.25) is 0 Å². The normalized spacial score (nSPS) is 10.4. The van der Waals surface area contributed by atoms with Crippen LogP contribution in [0.5, 0.6) is 0 Å². The molecule has 3 aromatic rings. The molecule has 5 nitrogen and oxygen atoms in total. The predicted molar refractivity (Wildman–Crippen MR) is 99.8 cm³/mol. The molecule has 0 aliphatic heterocycles. The van der Waals surface area contributed by atoms with Gasteiger partial charge in [-0.2, -0.15) is 0 Å². The second-order valence-corrected chi connectivity index (χ2v) is 5.93. The molecule has 0 bridgehead atoms. The van der Waals surface area contributed by atoms with E-state index in [2.05, 4.69) is 20.8 Å². The zero-order valence-electron chi connectivity index (χ0n) is 14.4. The van der Waals surface area contributed by atoms with Gasteiger partial charge in [0.05, 0.1) is 0 Å². The van der Waals surface area contributed by atoms with E-state index in [-0.39, 0.29) is 17.4 Å². The summed E-state index contributed by atoms with van der Waals surface area (Å²) in [6, 6.07) is 17.2. The largest absolute Gasteiger partial charge is 0.368 e. The predicted octanol–water partition coefficient (Wildman–Crippen LogP) is 3.83. The van der Waals surface area contributed by atoms with Crippen molar-refractivity contribution in [1.82, 2.24) is 10.2 Å². The van der Waals surface area contributed by atoms with Crippen LogP contribution in [0.1, 0.15) is 21.6 Å². The second-order valence-electron chi connectivity index (χ2n) is 5.93. The molecule has 0 unspecified atom stereocenters. The highest BCUT2D eigenvalue weighted by molar-refractivity contribution is 6.02. The summed E-state index contributed by atoms with van der Waals surface area (Å²) in [5, 5.41) is 13.9. The molecule has 1 amide bonds. The minimum atomic E-state index is -0.306. The van der Waals surface area contributed by atoms with Crippen molar-refractivity contribution >= 4 is 17.4 Å². The van der Waals surface area contributed by atoms with Crippen LogP contribution in [0.4, 0.5) is 15.9 Å². The van der Waals surface area contributed by atoms with Crippen molar-refractivity contribution in [3.8, 4) is 0 Å². The average molecular weight is 350 g/mol. The number of amides is 1. The van der Waals surface area contributed by atoms with E-state index in [4.69, 9.17) is 0 Å². The highest BCUT2D eigenvalue weighted by atomic mass is 19.1. The van der Waals surface area contributed by atoms with E-state index in [9.17, 15) is 9.18 Å². The Kier molecular flexibility index (Phi) is 5.53. The third kappa shape index (κ3) is 4.86. The Bertz CT molecular complexity index is 862. The Balaban J connectivity index is 1.51. The summed E-state index contributed by atoms with van der Waals surface area (Å²) in [4.78, 5) is 12.2. The number of carbonyl (C=O) groups is 1. The Hall–Kier alpha value is -3.28. The molecule has 3 rings (SSSR count). The number of hydrogen-bond donors (Lipinski definition) is 2. The van der Waals surface area contributed by atoms with Gasteiger partial charge in [-0.1, -0.05) is 29.8 Å². The van der Waals surface area contributed by atoms with E-state index in [1.807, 2.05) is 31.2 Å². The molecule has 0 saturated carbocycles. The van der Waals surface area contributed by atoms with Gasteiger partial charge in [-0.25, -0.2) is 4.39 Å². The van der Waals surface area contributed by atoms with Gasteiger partial charge in [-0.15, -0.1) is 10.2 Å². The lowest BCUT2D eigenvalue weighted by Crippen LogP contribution is -2.15. The van der Waals surface area contributed by atoms with Crippen LogP contribution in [0.3, 0.4) is 0 Å². The fraction of sp³-hybridized carbons (Fsp3) is 0.150. The quantitative estimate of drug-likeness (QED) is 0.709. The molecule has 2 aromatic carbocycles. The first-order valence-corrected chi connectivity index (χ1v) is 8.30. The van der Waals surface area contributed by atoms with Crippen molar-refractivity contribution in [2.45, 2.75) is 13.3 Å². The minimum absolute atomic E-state index is 0.243. The molecule has 0 atom stereocenters. The van der Waals surface area contributed by atoms with Gasteiger partial charge in [-0.3, -0.25) is 4.79 Å². The SMILES string of the molecule is Cc1ccc(NC(=O)c2ccc(NCCc3ccc(F)cc3)nn2)cc1. The van der Waals surface area contributed by atoms with Gasteiger partial charge in [0.2, 0.25) is 0 Å². The van der Waals surface area contributed by atoms with E-state index in [0.717, 1.165) is 17.5 Å². The lowest BCUT2D eigenvalue weighted by atomic mass is 10.1. The molecule has 2 N–H and O–H groups in total. The summed E-state index contributed by atoms with van der Waals surface area (Å²) in [6.07, 6.45) is 0.734.